The largest absolute Gasteiger partial charge is 0.508 e. The highest BCUT2D eigenvalue weighted by molar-refractivity contribution is 5.77. The zero-order valence-corrected chi connectivity index (χ0v) is 21.5. The quantitative estimate of drug-likeness (QED) is 0.141. The summed E-state index contributed by atoms with van der Waals surface area (Å²) in [4.78, 5) is 0. The first-order valence-corrected chi connectivity index (χ1v) is 13.6. The fraction of sp³-hybridized carbons (Fsp3) is 0.419. The van der Waals surface area contributed by atoms with Gasteiger partial charge >= 0.3 is 0 Å². The second-order valence-corrected chi connectivity index (χ2v) is 9.72. The highest BCUT2D eigenvalue weighted by Crippen LogP contribution is 2.36. The average molecular weight is 487 g/mol. The molecule has 3 aromatic rings. The van der Waals surface area contributed by atoms with Crippen LogP contribution < -0.4 is 21.3 Å². The number of aromatic hydroxyl groups is 1. The Morgan fingerprint density at radius 3 is 1.94 bits per heavy atom. The van der Waals surface area contributed by atoms with Gasteiger partial charge in [-0.15, -0.1) is 0 Å². The monoisotopic (exact) mass is 486 g/mol. The maximum Gasteiger partial charge on any atom is 0.120 e. The molecule has 5 nitrogen and oxygen atoms in total. The second kappa shape index (κ2) is 14.8. The Labute approximate surface area is 216 Å². The SMILES string of the molecule is Oc1ccccc1CNCCCNCCCCNCCCNCc1ccc2c(c1)-c1ccccc1C2. The van der Waals surface area contributed by atoms with Crippen LogP contribution in [0.4, 0.5) is 0 Å². The summed E-state index contributed by atoms with van der Waals surface area (Å²) in [6.07, 6.45) is 5.73. The van der Waals surface area contributed by atoms with Crippen molar-refractivity contribution in [2.45, 2.75) is 45.2 Å². The molecule has 0 heterocycles. The number of hydrogen-bond donors (Lipinski definition) is 5. The fourth-order valence-corrected chi connectivity index (χ4v) is 4.82. The molecule has 192 valence electrons. The van der Waals surface area contributed by atoms with Crippen molar-refractivity contribution in [2.75, 3.05) is 39.3 Å². The van der Waals surface area contributed by atoms with Crippen LogP contribution in [0.5, 0.6) is 5.75 Å². The van der Waals surface area contributed by atoms with Crippen LogP contribution in [0.25, 0.3) is 11.1 Å². The maximum atomic E-state index is 9.76. The molecular formula is C31H42N4O. The lowest BCUT2D eigenvalue weighted by atomic mass is 10.0. The van der Waals surface area contributed by atoms with E-state index < -0.39 is 0 Å². The molecule has 0 saturated carbocycles. The minimum absolute atomic E-state index is 0.370. The van der Waals surface area contributed by atoms with Crippen LogP contribution in [0.2, 0.25) is 0 Å². The lowest BCUT2D eigenvalue weighted by Crippen LogP contribution is -2.24. The molecule has 4 rings (SSSR count). The molecule has 3 aromatic carbocycles. The van der Waals surface area contributed by atoms with Gasteiger partial charge in [-0.05, 0) is 111 Å². The van der Waals surface area contributed by atoms with Crippen LogP contribution in [0.3, 0.4) is 0 Å². The predicted molar refractivity (Wildman–Crippen MR) is 150 cm³/mol. The number of unbranched alkanes of at least 4 members (excludes halogenated alkanes) is 1. The van der Waals surface area contributed by atoms with E-state index >= 15 is 0 Å². The first-order chi connectivity index (χ1) is 17.8. The van der Waals surface area contributed by atoms with Crippen molar-refractivity contribution in [1.82, 2.24) is 21.3 Å². The molecule has 0 bridgehead atoms. The third-order valence-corrected chi connectivity index (χ3v) is 6.87. The standard InChI is InChI=1S/C31H42N4O/c36-31-12-4-2-10-28(31)24-35-20-8-18-33-16-6-5-15-32-17-7-19-34-23-25-13-14-27-22-26-9-1-3-11-29(26)30(27)21-25/h1-4,9-14,21,32-36H,5-8,15-20,22-24H2. The van der Waals surface area contributed by atoms with E-state index in [1.165, 1.54) is 40.7 Å². The van der Waals surface area contributed by atoms with Gasteiger partial charge in [0.05, 0.1) is 0 Å². The molecule has 1 aliphatic rings. The van der Waals surface area contributed by atoms with Crippen molar-refractivity contribution in [3.05, 3.63) is 89.0 Å². The van der Waals surface area contributed by atoms with E-state index in [0.717, 1.165) is 77.2 Å². The predicted octanol–water partition coefficient (Wildman–Crippen LogP) is 4.58. The Morgan fingerprint density at radius 2 is 1.17 bits per heavy atom. The molecule has 0 fully saturated rings. The Kier molecular flexibility index (Phi) is 10.8. The van der Waals surface area contributed by atoms with Crippen LogP contribution in [0, 0.1) is 0 Å². The van der Waals surface area contributed by atoms with Gasteiger partial charge in [0, 0.05) is 18.7 Å². The van der Waals surface area contributed by atoms with Crippen molar-refractivity contribution in [3.8, 4) is 16.9 Å². The summed E-state index contributed by atoms with van der Waals surface area (Å²) in [5, 5.41) is 23.8. The molecule has 0 atom stereocenters. The number of phenols is 1. The molecule has 0 amide bonds. The Hall–Kier alpha value is -2.70. The summed E-state index contributed by atoms with van der Waals surface area (Å²) in [5.41, 5.74) is 8.07. The Balaban J connectivity index is 0.933. The van der Waals surface area contributed by atoms with E-state index in [0.29, 0.717) is 5.75 Å². The number of fused-ring (bicyclic) bond motifs is 3. The molecule has 1 aliphatic carbocycles. The average Bonchev–Trinajstić information content (AvgIpc) is 3.27. The Bertz CT molecular complexity index is 1070. The molecule has 5 N–H and O–H groups in total. The van der Waals surface area contributed by atoms with Crippen molar-refractivity contribution < 1.29 is 5.11 Å². The van der Waals surface area contributed by atoms with E-state index in [9.17, 15) is 5.11 Å². The third kappa shape index (κ3) is 8.17. The third-order valence-electron chi connectivity index (χ3n) is 6.87. The summed E-state index contributed by atoms with van der Waals surface area (Å²) in [7, 11) is 0. The van der Waals surface area contributed by atoms with Gasteiger partial charge in [-0.3, -0.25) is 0 Å². The van der Waals surface area contributed by atoms with Crippen molar-refractivity contribution >= 4 is 0 Å². The number of hydrogen-bond acceptors (Lipinski definition) is 5. The van der Waals surface area contributed by atoms with E-state index in [2.05, 4.69) is 63.7 Å². The zero-order chi connectivity index (χ0) is 24.8. The lowest BCUT2D eigenvalue weighted by molar-refractivity contribution is 0.463. The summed E-state index contributed by atoms with van der Waals surface area (Å²) >= 11 is 0. The number of benzene rings is 3. The lowest BCUT2D eigenvalue weighted by Gasteiger charge is -2.09. The fourth-order valence-electron chi connectivity index (χ4n) is 4.82. The summed E-state index contributed by atoms with van der Waals surface area (Å²) in [6, 6.07) is 23.2. The van der Waals surface area contributed by atoms with Crippen molar-refractivity contribution in [3.63, 3.8) is 0 Å². The van der Waals surface area contributed by atoms with E-state index in [1.54, 1.807) is 6.07 Å². The van der Waals surface area contributed by atoms with Gasteiger partial charge in [0.25, 0.3) is 0 Å². The molecule has 36 heavy (non-hydrogen) atoms. The van der Waals surface area contributed by atoms with Crippen molar-refractivity contribution in [2.24, 2.45) is 0 Å². The first kappa shape index (κ1) is 26.4. The van der Waals surface area contributed by atoms with Crippen LogP contribution >= 0.6 is 0 Å². The highest BCUT2D eigenvalue weighted by atomic mass is 16.3. The van der Waals surface area contributed by atoms with E-state index in [-0.39, 0.29) is 0 Å². The zero-order valence-electron chi connectivity index (χ0n) is 21.5. The Morgan fingerprint density at radius 1 is 0.556 bits per heavy atom. The highest BCUT2D eigenvalue weighted by Gasteiger charge is 2.17. The molecule has 5 heteroatoms. The number of phenolic OH excluding ortho intramolecular Hbond substituents is 1. The van der Waals surface area contributed by atoms with Gasteiger partial charge in [0.1, 0.15) is 5.75 Å². The van der Waals surface area contributed by atoms with Crippen molar-refractivity contribution in [1.29, 1.82) is 0 Å². The number of rotatable bonds is 17. The first-order valence-electron chi connectivity index (χ1n) is 13.6. The smallest absolute Gasteiger partial charge is 0.120 e. The summed E-state index contributed by atoms with van der Waals surface area (Å²) < 4.78 is 0. The minimum atomic E-state index is 0.370. The van der Waals surface area contributed by atoms with E-state index in [1.807, 2.05) is 18.2 Å². The number of nitrogens with one attached hydrogen (secondary N) is 4. The van der Waals surface area contributed by atoms with Gasteiger partial charge in [0.2, 0.25) is 0 Å². The van der Waals surface area contributed by atoms with Gasteiger partial charge < -0.3 is 26.4 Å². The number of para-hydroxylation sites is 1. The molecule has 0 unspecified atom stereocenters. The van der Waals surface area contributed by atoms with Gasteiger partial charge in [-0.25, -0.2) is 0 Å². The molecule has 0 saturated heterocycles. The molecular weight excluding hydrogens is 444 g/mol. The van der Waals surface area contributed by atoms with Crippen LogP contribution in [-0.4, -0.2) is 44.4 Å². The molecule has 0 aromatic heterocycles. The molecule has 0 aliphatic heterocycles. The second-order valence-electron chi connectivity index (χ2n) is 9.72. The topological polar surface area (TPSA) is 68.3 Å². The molecule has 0 radical (unpaired) electrons. The molecule has 0 spiro atoms. The maximum absolute atomic E-state index is 9.76. The van der Waals surface area contributed by atoms with Crippen LogP contribution in [0.1, 0.15) is 47.9 Å². The van der Waals surface area contributed by atoms with Gasteiger partial charge in [-0.2, -0.15) is 0 Å². The normalized spacial score (nSPS) is 12.0. The summed E-state index contributed by atoms with van der Waals surface area (Å²) in [6.45, 7) is 7.92. The summed E-state index contributed by atoms with van der Waals surface area (Å²) in [5.74, 6) is 0.370. The van der Waals surface area contributed by atoms with E-state index in [4.69, 9.17) is 0 Å². The van der Waals surface area contributed by atoms with Gasteiger partial charge in [-0.1, -0.05) is 54.6 Å². The minimum Gasteiger partial charge on any atom is -0.508 e. The van der Waals surface area contributed by atoms with Crippen LogP contribution in [-0.2, 0) is 19.5 Å². The van der Waals surface area contributed by atoms with Gasteiger partial charge in [0.15, 0.2) is 0 Å². The van der Waals surface area contributed by atoms with Crippen LogP contribution in [0.15, 0.2) is 66.7 Å².